The van der Waals surface area contributed by atoms with Crippen molar-refractivity contribution in [1.82, 2.24) is 4.90 Å². The highest BCUT2D eigenvalue weighted by Gasteiger charge is 2.37. The predicted molar refractivity (Wildman–Crippen MR) is 105 cm³/mol. The number of anilines is 2. The molecule has 0 saturated heterocycles. The molecular weight excluding hydrogens is 368 g/mol. The molecule has 29 heavy (non-hydrogen) atoms. The first kappa shape index (κ1) is 17.1. The maximum Gasteiger partial charge on any atom is 0.304 e. The van der Waals surface area contributed by atoms with Crippen molar-refractivity contribution in [2.24, 2.45) is 0 Å². The molecule has 6 heteroatoms. The summed E-state index contributed by atoms with van der Waals surface area (Å²) in [6.07, 6.45) is 0. The first-order valence-electron chi connectivity index (χ1n) is 9.08. The number of hydrogen-bond donors (Lipinski definition) is 0. The molecule has 0 unspecified atom stereocenters. The molecule has 0 N–H and O–H groups in total. The molecule has 6 nitrogen and oxygen atoms in total. The average Bonchev–Trinajstić information content (AvgIpc) is 3.14. The molecule has 0 aromatic heterocycles. The lowest BCUT2D eigenvalue weighted by Gasteiger charge is -2.19. The molecule has 2 aliphatic rings. The second kappa shape index (κ2) is 6.24. The van der Waals surface area contributed by atoms with Crippen LogP contribution in [0.25, 0.3) is 0 Å². The minimum absolute atomic E-state index is 0.0812. The van der Waals surface area contributed by atoms with E-state index in [2.05, 4.69) is 0 Å². The van der Waals surface area contributed by atoms with Gasteiger partial charge in [-0.15, -0.1) is 0 Å². The van der Waals surface area contributed by atoms with E-state index in [4.69, 9.17) is 0 Å². The summed E-state index contributed by atoms with van der Waals surface area (Å²) in [6.45, 7) is 0.0812. The van der Waals surface area contributed by atoms with E-state index in [0.29, 0.717) is 33.6 Å². The molecule has 0 fully saturated rings. The van der Waals surface area contributed by atoms with Crippen LogP contribution in [0.3, 0.4) is 0 Å². The number of imide groups is 1. The van der Waals surface area contributed by atoms with Gasteiger partial charge in [-0.05, 0) is 42.0 Å². The van der Waals surface area contributed by atoms with Crippen LogP contribution in [0, 0.1) is 0 Å². The average molecular weight is 382 g/mol. The number of para-hydroxylation sites is 1. The summed E-state index contributed by atoms with van der Waals surface area (Å²) in [4.78, 5) is 52.6. The number of amides is 3. The molecule has 0 aliphatic carbocycles. The molecule has 2 heterocycles. The molecule has 3 aromatic rings. The quantitative estimate of drug-likeness (QED) is 0.514. The van der Waals surface area contributed by atoms with Crippen LogP contribution in [0.4, 0.5) is 11.4 Å². The maximum atomic E-state index is 12.6. The van der Waals surface area contributed by atoms with Crippen molar-refractivity contribution in [2.45, 2.75) is 6.54 Å². The Kier molecular flexibility index (Phi) is 3.67. The van der Waals surface area contributed by atoms with E-state index in [-0.39, 0.29) is 18.4 Å². The highest BCUT2D eigenvalue weighted by molar-refractivity contribution is 6.53. The van der Waals surface area contributed by atoms with E-state index in [1.165, 1.54) is 9.80 Å². The molecule has 0 spiro atoms. The molecular formula is C23H14N2O4. The number of hydrogen-bond acceptors (Lipinski definition) is 4. The molecule has 140 valence electrons. The normalized spacial score (nSPS) is 15.2. The largest absolute Gasteiger partial charge is 0.304 e. The lowest BCUT2D eigenvalue weighted by molar-refractivity contribution is -0.113. The van der Waals surface area contributed by atoms with Crippen molar-refractivity contribution < 1.29 is 19.2 Å². The lowest BCUT2D eigenvalue weighted by atomic mass is 10.1. The van der Waals surface area contributed by atoms with Crippen LogP contribution in [0.1, 0.15) is 36.6 Å². The smallest absolute Gasteiger partial charge is 0.283 e. The number of nitrogens with zero attached hydrogens (tertiary/aromatic N) is 2. The Labute approximate surface area is 166 Å². The van der Waals surface area contributed by atoms with Gasteiger partial charge in [0.1, 0.15) is 0 Å². The molecule has 0 radical (unpaired) electrons. The Morgan fingerprint density at radius 2 is 1.24 bits per heavy atom. The van der Waals surface area contributed by atoms with Gasteiger partial charge in [-0.25, -0.2) is 0 Å². The van der Waals surface area contributed by atoms with Crippen molar-refractivity contribution >= 4 is 34.9 Å². The third-order valence-electron chi connectivity index (χ3n) is 5.17. The van der Waals surface area contributed by atoms with Gasteiger partial charge in [0, 0.05) is 5.69 Å². The van der Waals surface area contributed by atoms with Gasteiger partial charge in [0.2, 0.25) is 0 Å². The number of benzene rings is 3. The zero-order valence-corrected chi connectivity index (χ0v) is 15.2. The molecule has 0 atom stereocenters. The van der Waals surface area contributed by atoms with Gasteiger partial charge in [-0.1, -0.05) is 36.4 Å². The molecule has 5 rings (SSSR count). The van der Waals surface area contributed by atoms with Gasteiger partial charge >= 0.3 is 5.91 Å². The summed E-state index contributed by atoms with van der Waals surface area (Å²) in [6, 6.07) is 20.5. The molecule has 0 saturated carbocycles. The highest BCUT2D eigenvalue weighted by Crippen LogP contribution is 2.35. The Bertz CT molecular complexity index is 1200. The zero-order chi connectivity index (χ0) is 20.1. The van der Waals surface area contributed by atoms with Gasteiger partial charge in [-0.3, -0.25) is 29.0 Å². The van der Waals surface area contributed by atoms with Crippen molar-refractivity contribution in [3.05, 3.63) is 95.1 Å². The molecule has 3 aromatic carbocycles. The van der Waals surface area contributed by atoms with Gasteiger partial charge < -0.3 is 0 Å². The highest BCUT2D eigenvalue weighted by atomic mass is 16.2. The topological polar surface area (TPSA) is 74.8 Å². The number of fused-ring (bicyclic) bond motifs is 2. The fraction of sp³-hybridized carbons (Fsp3) is 0.0435. The maximum absolute atomic E-state index is 12.6. The summed E-state index contributed by atoms with van der Waals surface area (Å²) >= 11 is 0. The summed E-state index contributed by atoms with van der Waals surface area (Å²) in [5.41, 5.74) is 2.87. The first-order chi connectivity index (χ1) is 14.1. The minimum atomic E-state index is -0.621. The van der Waals surface area contributed by atoms with E-state index < -0.39 is 11.7 Å². The summed E-state index contributed by atoms with van der Waals surface area (Å²) in [5.74, 6) is -1.85. The van der Waals surface area contributed by atoms with Gasteiger partial charge in [0.05, 0.1) is 28.9 Å². The summed E-state index contributed by atoms with van der Waals surface area (Å²) in [5, 5.41) is 0. The SMILES string of the molecule is O=C1C(=O)N(c2cccc(CN3C(=O)c4ccccc4C3=O)c2)c2ccccc21. The first-order valence-corrected chi connectivity index (χ1v) is 9.08. The van der Waals surface area contributed by atoms with Crippen LogP contribution >= 0.6 is 0 Å². The fourth-order valence-corrected chi connectivity index (χ4v) is 3.80. The van der Waals surface area contributed by atoms with E-state index in [9.17, 15) is 19.2 Å². The number of Topliss-reactive ketones (excluding diaryl/α,β-unsaturated/α-hetero) is 1. The van der Waals surface area contributed by atoms with Crippen LogP contribution in [0.15, 0.2) is 72.8 Å². The zero-order valence-electron chi connectivity index (χ0n) is 15.2. The van der Waals surface area contributed by atoms with E-state index in [1.54, 1.807) is 72.8 Å². The number of ketones is 1. The summed E-state index contributed by atoms with van der Waals surface area (Å²) < 4.78 is 0. The van der Waals surface area contributed by atoms with Crippen molar-refractivity contribution in [2.75, 3.05) is 4.90 Å². The van der Waals surface area contributed by atoms with Crippen molar-refractivity contribution in [3.8, 4) is 0 Å². The van der Waals surface area contributed by atoms with Gasteiger partial charge in [0.15, 0.2) is 0 Å². The van der Waals surface area contributed by atoms with E-state index >= 15 is 0 Å². The molecule has 0 bridgehead atoms. The van der Waals surface area contributed by atoms with Crippen LogP contribution < -0.4 is 4.90 Å². The van der Waals surface area contributed by atoms with Gasteiger partial charge in [0.25, 0.3) is 17.6 Å². The third kappa shape index (κ3) is 2.50. The Balaban J connectivity index is 1.48. The third-order valence-corrected chi connectivity index (χ3v) is 5.17. The molecule has 3 amide bonds. The number of carbonyl (C=O) groups excluding carboxylic acids is 4. The second-order valence-electron chi connectivity index (χ2n) is 6.90. The van der Waals surface area contributed by atoms with Gasteiger partial charge in [-0.2, -0.15) is 0 Å². The van der Waals surface area contributed by atoms with Crippen LogP contribution in [0.2, 0.25) is 0 Å². The number of carbonyl (C=O) groups is 4. The van der Waals surface area contributed by atoms with Crippen molar-refractivity contribution in [3.63, 3.8) is 0 Å². The minimum Gasteiger partial charge on any atom is -0.283 e. The van der Waals surface area contributed by atoms with Crippen LogP contribution in [-0.4, -0.2) is 28.4 Å². The van der Waals surface area contributed by atoms with E-state index in [1.807, 2.05) is 0 Å². The van der Waals surface area contributed by atoms with Crippen LogP contribution in [-0.2, 0) is 11.3 Å². The fourth-order valence-electron chi connectivity index (χ4n) is 3.80. The predicted octanol–water partition coefficient (Wildman–Crippen LogP) is 3.34. The van der Waals surface area contributed by atoms with Crippen molar-refractivity contribution in [1.29, 1.82) is 0 Å². The van der Waals surface area contributed by atoms with E-state index in [0.717, 1.165) is 0 Å². The molecule has 2 aliphatic heterocycles. The number of rotatable bonds is 3. The lowest BCUT2D eigenvalue weighted by Crippen LogP contribution is -2.29. The van der Waals surface area contributed by atoms with Crippen LogP contribution in [0.5, 0.6) is 0 Å². The monoisotopic (exact) mass is 382 g/mol. The standard InChI is InChI=1S/C23H14N2O4/c26-20-18-10-3-4-11-19(18)25(23(20)29)15-7-5-6-14(12-15)13-24-21(27)16-8-1-2-9-17(16)22(24)28/h1-12H,13H2. The Hall–Kier alpha value is -4.06. The second-order valence-corrected chi connectivity index (χ2v) is 6.90. The Morgan fingerprint density at radius 1 is 0.621 bits per heavy atom. The Morgan fingerprint density at radius 3 is 1.93 bits per heavy atom. The summed E-state index contributed by atoms with van der Waals surface area (Å²) in [7, 11) is 0.